The summed E-state index contributed by atoms with van der Waals surface area (Å²) in [5, 5.41) is 10.3. The fourth-order valence-electron chi connectivity index (χ4n) is 3.07. The molecule has 5 nitrogen and oxygen atoms in total. The fourth-order valence-corrected chi connectivity index (χ4v) is 5.08. The molecule has 116 valence electrons. The Morgan fingerprint density at radius 2 is 1.95 bits per heavy atom. The Morgan fingerprint density at radius 1 is 1.38 bits per heavy atom. The molecular weight excluding hydrogens is 295 g/mol. The maximum atomic E-state index is 13.6. The van der Waals surface area contributed by atoms with Crippen LogP contribution in [-0.4, -0.2) is 36.5 Å². The Labute approximate surface area is 123 Å². The lowest BCUT2D eigenvalue weighted by atomic mass is 9.91. The summed E-state index contributed by atoms with van der Waals surface area (Å²) in [7, 11) is -3.75. The highest BCUT2D eigenvalue weighted by Crippen LogP contribution is 2.46. The summed E-state index contributed by atoms with van der Waals surface area (Å²) < 4.78 is 40.2. The van der Waals surface area contributed by atoms with Crippen LogP contribution in [0, 0.1) is 25.6 Å². The number of hydrogen-bond donors (Lipinski definition) is 2. The lowest BCUT2D eigenvalue weighted by Crippen LogP contribution is -2.64. The Morgan fingerprint density at radius 3 is 2.48 bits per heavy atom. The van der Waals surface area contributed by atoms with Gasteiger partial charge in [0.15, 0.2) is 0 Å². The number of rotatable bonds is 3. The van der Waals surface area contributed by atoms with Crippen molar-refractivity contribution in [2.75, 3.05) is 18.8 Å². The topological polar surface area (TPSA) is 83.6 Å². The summed E-state index contributed by atoms with van der Waals surface area (Å²) in [6.07, 6.45) is 1.90. The first kappa shape index (κ1) is 14.7. The van der Waals surface area contributed by atoms with Crippen LogP contribution in [0.1, 0.15) is 24.0 Å². The zero-order valence-corrected chi connectivity index (χ0v) is 12.9. The van der Waals surface area contributed by atoms with Crippen LogP contribution in [0.4, 0.5) is 10.1 Å². The summed E-state index contributed by atoms with van der Waals surface area (Å²) in [6, 6.07) is 1.14. The van der Waals surface area contributed by atoms with Gasteiger partial charge >= 0.3 is 0 Å². The Balaban J connectivity index is 1.95. The quantitative estimate of drug-likeness (QED) is 0.820. The number of aliphatic hydroxyl groups is 1. The van der Waals surface area contributed by atoms with E-state index in [2.05, 4.69) is 0 Å². The third kappa shape index (κ3) is 2.15. The summed E-state index contributed by atoms with van der Waals surface area (Å²) in [6.45, 7) is 3.27. The Hall–Kier alpha value is -1.18. The molecule has 0 unspecified atom stereocenters. The van der Waals surface area contributed by atoms with Crippen LogP contribution in [0.25, 0.3) is 0 Å². The number of nitrogens with two attached hydrogens (primary N) is 1. The number of aryl methyl sites for hydroxylation is 1. The van der Waals surface area contributed by atoms with Gasteiger partial charge in [-0.3, -0.25) is 0 Å². The van der Waals surface area contributed by atoms with E-state index in [1.54, 1.807) is 6.92 Å². The first-order chi connectivity index (χ1) is 9.67. The standard InChI is InChI=1S/C14H19FN2O3S/c1-8-5-11(15)12(16)9(2)13(8)21(19,20)17-6-14(18,7-17)10-3-4-10/h5,10,18H,3-4,6-7,16H2,1-2H3. The Kier molecular flexibility index (Phi) is 3.10. The minimum atomic E-state index is -3.75. The van der Waals surface area contributed by atoms with Gasteiger partial charge in [-0.1, -0.05) is 0 Å². The number of hydrogen-bond acceptors (Lipinski definition) is 4. The van der Waals surface area contributed by atoms with Gasteiger partial charge in [0, 0.05) is 13.1 Å². The molecule has 1 heterocycles. The van der Waals surface area contributed by atoms with Crippen LogP contribution in [-0.2, 0) is 10.0 Å². The molecule has 0 amide bonds. The summed E-state index contributed by atoms with van der Waals surface area (Å²) >= 11 is 0. The van der Waals surface area contributed by atoms with Crippen molar-refractivity contribution in [2.24, 2.45) is 5.92 Å². The number of sulfonamides is 1. The number of β-amino-alcohol motifs (C(OH)–C–C–N with tert-alkyl or cyclic N) is 1. The van der Waals surface area contributed by atoms with Gasteiger partial charge < -0.3 is 10.8 Å². The molecule has 1 aliphatic carbocycles. The molecule has 2 fully saturated rings. The van der Waals surface area contributed by atoms with E-state index in [1.807, 2.05) is 0 Å². The van der Waals surface area contributed by atoms with Gasteiger partial charge in [0.05, 0.1) is 16.2 Å². The van der Waals surface area contributed by atoms with Crippen LogP contribution in [0.15, 0.2) is 11.0 Å². The zero-order chi connectivity index (χ0) is 15.6. The van der Waals surface area contributed by atoms with Crippen molar-refractivity contribution < 1.29 is 17.9 Å². The van der Waals surface area contributed by atoms with Crippen molar-refractivity contribution in [1.82, 2.24) is 4.31 Å². The van der Waals surface area contributed by atoms with E-state index in [-0.39, 0.29) is 35.2 Å². The molecule has 7 heteroatoms. The molecule has 3 N–H and O–H groups in total. The van der Waals surface area contributed by atoms with Gasteiger partial charge in [-0.25, -0.2) is 12.8 Å². The highest BCUT2D eigenvalue weighted by atomic mass is 32.2. The van der Waals surface area contributed by atoms with Crippen LogP contribution in [0.2, 0.25) is 0 Å². The normalized spacial score (nSPS) is 22.1. The molecule has 1 aromatic carbocycles. The van der Waals surface area contributed by atoms with Crippen LogP contribution in [0.5, 0.6) is 0 Å². The molecule has 0 atom stereocenters. The molecule has 1 aromatic rings. The average Bonchev–Trinajstić information content (AvgIpc) is 3.16. The lowest BCUT2D eigenvalue weighted by molar-refractivity contribution is -0.0765. The molecule has 0 aromatic heterocycles. The van der Waals surface area contributed by atoms with E-state index in [0.717, 1.165) is 18.9 Å². The number of nitrogens with zero attached hydrogens (tertiary/aromatic N) is 1. The van der Waals surface area contributed by atoms with Crippen LogP contribution >= 0.6 is 0 Å². The van der Waals surface area contributed by atoms with E-state index in [0.29, 0.717) is 5.56 Å². The maximum Gasteiger partial charge on any atom is 0.243 e. The highest BCUT2D eigenvalue weighted by molar-refractivity contribution is 7.89. The molecule has 0 spiro atoms. The van der Waals surface area contributed by atoms with E-state index < -0.39 is 21.4 Å². The van der Waals surface area contributed by atoms with Gasteiger partial charge in [-0.2, -0.15) is 4.31 Å². The molecule has 3 rings (SSSR count). The van der Waals surface area contributed by atoms with E-state index in [1.165, 1.54) is 11.2 Å². The third-order valence-electron chi connectivity index (χ3n) is 4.54. The van der Waals surface area contributed by atoms with Crippen molar-refractivity contribution in [3.63, 3.8) is 0 Å². The van der Waals surface area contributed by atoms with Crippen LogP contribution in [0.3, 0.4) is 0 Å². The largest absolute Gasteiger partial charge is 0.396 e. The first-order valence-electron chi connectivity index (χ1n) is 6.94. The van der Waals surface area contributed by atoms with Gasteiger partial charge in [0.1, 0.15) is 5.82 Å². The molecule has 2 aliphatic rings. The highest BCUT2D eigenvalue weighted by Gasteiger charge is 2.55. The SMILES string of the molecule is Cc1cc(F)c(N)c(C)c1S(=O)(=O)N1CC(O)(C2CC2)C1. The lowest BCUT2D eigenvalue weighted by Gasteiger charge is -2.46. The number of nitrogen functional groups attached to an aromatic ring is 1. The number of halogens is 1. The zero-order valence-electron chi connectivity index (χ0n) is 12.1. The molecule has 0 bridgehead atoms. The molecule has 21 heavy (non-hydrogen) atoms. The van der Waals surface area contributed by atoms with Crippen molar-refractivity contribution >= 4 is 15.7 Å². The number of anilines is 1. The molecule has 1 aliphatic heterocycles. The van der Waals surface area contributed by atoms with E-state index in [9.17, 15) is 17.9 Å². The predicted molar refractivity (Wildman–Crippen MR) is 76.7 cm³/mol. The van der Waals surface area contributed by atoms with Crippen LogP contribution < -0.4 is 5.73 Å². The summed E-state index contributed by atoms with van der Waals surface area (Å²) in [5.74, 6) is -0.397. The first-order valence-corrected chi connectivity index (χ1v) is 8.38. The van der Waals surface area contributed by atoms with Gasteiger partial charge in [-0.05, 0) is 49.8 Å². The van der Waals surface area contributed by atoms with E-state index >= 15 is 0 Å². The molecule has 1 saturated heterocycles. The molecule has 1 saturated carbocycles. The van der Waals surface area contributed by atoms with Gasteiger partial charge in [0.2, 0.25) is 10.0 Å². The van der Waals surface area contributed by atoms with Crippen molar-refractivity contribution in [2.45, 2.75) is 37.2 Å². The summed E-state index contributed by atoms with van der Waals surface area (Å²) in [4.78, 5) is 0.0549. The monoisotopic (exact) mass is 314 g/mol. The number of benzene rings is 1. The van der Waals surface area contributed by atoms with Crippen molar-refractivity contribution in [3.8, 4) is 0 Å². The second-order valence-corrected chi connectivity index (χ2v) is 8.07. The van der Waals surface area contributed by atoms with E-state index in [4.69, 9.17) is 5.73 Å². The smallest absolute Gasteiger partial charge is 0.243 e. The van der Waals surface area contributed by atoms with Crippen molar-refractivity contribution in [3.05, 3.63) is 23.0 Å². The predicted octanol–water partition coefficient (Wildman–Crippen LogP) is 1.17. The maximum absolute atomic E-state index is 13.6. The molecular formula is C14H19FN2O3S. The molecule has 0 radical (unpaired) electrons. The second kappa shape index (κ2) is 4.41. The summed E-state index contributed by atoms with van der Waals surface area (Å²) in [5.41, 5.74) is 5.15. The van der Waals surface area contributed by atoms with Gasteiger partial charge in [0.25, 0.3) is 0 Å². The minimum Gasteiger partial charge on any atom is -0.396 e. The Bertz CT molecular complexity index is 707. The van der Waals surface area contributed by atoms with Gasteiger partial charge in [-0.15, -0.1) is 0 Å². The third-order valence-corrected chi connectivity index (χ3v) is 6.62. The second-order valence-electron chi connectivity index (χ2n) is 6.19. The fraction of sp³-hybridized carbons (Fsp3) is 0.571. The average molecular weight is 314 g/mol. The minimum absolute atomic E-state index is 0.0549. The van der Waals surface area contributed by atoms with Crippen molar-refractivity contribution in [1.29, 1.82) is 0 Å².